The zero-order chi connectivity index (χ0) is 19.3. The third-order valence-corrected chi connectivity index (χ3v) is 4.59. The Morgan fingerprint density at radius 1 is 1.08 bits per heavy atom. The molecule has 0 fully saturated rings. The fraction of sp³-hybridized carbons (Fsp3) is 0.409. The molecule has 0 saturated carbocycles. The Balaban J connectivity index is 2.12. The van der Waals surface area contributed by atoms with Crippen molar-refractivity contribution in [2.75, 3.05) is 27.7 Å². The maximum absolute atomic E-state index is 12.6. The minimum atomic E-state index is -0.124. The second kappa shape index (κ2) is 8.37. The Bertz CT molecular complexity index is 731. The van der Waals surface area contributed by atoms with E-state index in [4.69, 9.17) is 4.74 Å². The molecule has 0 heterocycles. The van der Waals surface area contributed by atoms with Crippen molar-refractivity contribution in [1.29, 1.82) is 0 Å². The number of carbonyl (C=O) groups excluding carboxylic acids is 1. The summed E-state index contributed by atoms with van der Waals surface area (Å²) in [5, 5.41) is 3.04. The molecule has 0 aliphatic rings. The first-order valence-corrected chi connectivity index (χ1v) is 8.92. The van der Waals surface area contributed by atoms with Crippen LogP contribution in [0.1, 0.15) is 48.3 Å². The number of benzene rings is 2. The molecular formula is C22H30N2O2. The summed E-state index contributed by atoms with van der Waals surface area (Å²) in [6.45, 7) is 7.15. The average molecular weight is 354 g/mol. The van der Waals surface area contributed by atoms with E-state index >= 15 is 0 Å². The third kappa shape index (κ3) is 4.85. The maximum atomic E-state index is 12.6. The van der Waals surface area contributed by atoms with Gasteiger partial charge in [-0.25, -0.2) is 0 Å². The van der Waals surface area contributed by atoms with E-state index in [1.807, 2.05) is 26.2 Å². The minimum absolute atomic E-state index is 0.0997. The van der Waals surface area contributed by atoms with E-state index in [9.17, 15) is 4.79 Å². The lowest BCUT2D eigenvalue weighted by Crippen LogP contribution is -2.34. The summed E-state index contributed by atoms with van der Waals surface area (Å²) < 4.78 is 5.28. The van der Waals surface area contributed by atoms with Gasteiger partial charge in [-0.1, -0.05) is 57.2 Å². The molecule has 26 heavy (non-hydrogen) atoms. The van der Waals surface area contributed by atoms with Crippen molar-refractivity contribution >= 4 is 5.91 Å². The third-order valence-electron chi connectivity index (χ3n) is 4.59. The second-order valence-corrected chi connectivity index (χ2v) is 7.76. The van der Waals surface area contributed by atoms with E-state index in [0.717, 1.165) is 0 Å². The van der Waals surface area contributed by atoms with E-state index in [0.29, 0.717) is 17.9 Å². The molecule has 0 aliphatic heterocycles. The SMILES string of the molecule is COc1ccccc1C(=O)NC[C@H](c1ccc(C(C)(C)C)cc1)N(C)C. The average Bonchev–Trinajstić information content (AvgIpc) is 2.61. The number of nitrogens with one attached hydrogen (secondary N) is 1. The number of amides is 1. The highest BCUT2D eigenvalue weighted by Crippen LogP contribution is 2.25. The van der Waals surface area contributed by atoms with Gasteiger partial charge in [-0.2, -0.15) is 0 Å². The van der Waals surface area contributed by atoms with Crippen molar-refractivity contribution < 1.29 is 9.53 Å². The molecule has 2 rings (SSSR count). The number of nitrogens with zero attached hydrogens (tertiary/aromatic N) is 1. The summed E-state index contributed by atoms with van der Waals surface area (Å²) in [7, 11) is 5.63. The molecule has 0 spiro atoms. The van der Waals surface area contributed by atoms with Gasteiger partial charge in [0.05, 0.1) is 18.7 Å². The zero-order valence-electron chi connectivity index (χ0n) is 16.7. The summed E-state index contributed by atoms with van der Waals surface area (Å²) >= 11 is 0. The summed E-state index contributed by atoms with van der Waals surface area (Å²) in [5.41, 5.74) is 3.17. The van der Waals surface area contributed by atoms with E-state index in [-0.39, 0.29) is 17.4 Å². The van der Waals surface area contributed by atoms with Gasteiger partial charge in [-0.3, -0.25) is 4.79 Å². The number of hydrogen-bond donors (Lipinski definition) is 1. The summed E-state index contributed by atoms with van der Waals surface area (Å²) in [5.74, 6) is 0.460. The molecule has 2 aromatic carbocycles. The number of carbonyl (C=O) groups is 1. The number of ether oxygens (including phenoxy) is 1. The normalized spacial score (nSPS) is 12.7. The Labute approximate surface area is 157 Å². The predicted octanol–water partition coefficient (Wildman–Crippen LogP) is 4.03. The topological polar surface area (TPSA) is 41.6 Å². The van der Waals surface area contributed by atoms with Crippen molar-refractivity contribution in [2.45, 2.75) is 32.2 Å². The largest absolute Gasteiger partial charge is 0.496 e. The van der Waals surface area contributed by atoms with Crippen LogP contribution in [0, 0.1) is 0 Å². The highest BCUT2D eigenvalue weighted by atomic mass is 16.5. The van der Waals surface area contributed by atoms with Crippen molar-refractivity contribution in [3.8, 4) is 5.75 Å². The first-order valence-electron chi connectivity index (χ1n) is 8.92. The molecule has 0 aliphatic carbocycles. The van der Waals surface area contributed by atoms with E-state index in [1.165, 1.54) is 11.1 Å². The standard InChI is InChI=1S/C22H30N2O2/c1-22(2,3)17-13-11-16(12-14-17)19(24(4)5)15-23-21(25)18-9-7-8-10-20(18)26-6/h7-14,19H,15H2,1-6H3,(H,23,25)/t19-/m1/s1. The van der Waals surface area contributed by atoms with Crippen LogP contribution in [0.25, 0.3) is 0 Å². The Morgan fingerprint density at radius 2 is 1.69 bits per heavy atom. The van der Waals surface area contributed by atoms with Crippen LogP contribution in [0.3, 0.4) is 0 Å². The van der Waals surface area contributed by atoms with Crippen molar-refractivity contribution in [2.24, 2.45) is 0 Å². The molecule has 1 N–H and O–H groups in total. The summed E-state index contributed by atoms with van der Waals surface area (Å²) in [6.07, 6.45) is 0. The monoisotopic (exact) mass is 354 g/mol. The zero-order valence-corrected chi connectivity index (χ0v) is 16.7. The highest BCUT2D eigenvalue weighted by molar-refractivity contribution is 5.96. The van der Waals surface area contributed by atoms with Gasteiger partial charge in [0.25, 0.3) is 5.91 Å². The van der Waals surface area contributed by atoms with Gasteiger partial charge in [0.1, 0.15) is 5.75 Å². The molecule has 0 saturated heterocycles. The minimum Gasteiger partial charge on any atom is -0.496 e. The molecule has 1 atom stereocenters. The quantitative estimate of drug-likeness (QED) is 0.852. The van der Waals surface area contributed by atoms with Gasteiger partial charge >= 0.3 is 0 Å². The van der Waals surface area contributed by atoms with Crippen LogP contribution in [0.2, 0.25) is 0 Å². The van der Waals surface area contributed by atoms with Crippen molar-refractivity contribution in [3.63, 3.8) is 0 Å². The molecule has 2 aromatic rings. The molecule has 4 nitrogen and oxygen atoms in total. The fourth-order valence-corrected chi connectivity index (χ4v) is 2.92. The van der Waals surface area contributed by atoms with E-state index < -0.39 is 0 Å². The molecule has 0 bridgehead atoms. The fourth-order valence-electron chi connectivity index (χ4n) is 2.92. The van der Waals surface area contributed by atoms with Crippen LogP contribution in [0.5, 0.6) is 5.75 Å². The van der Waals surface area contributed by atoms with Crippen LogP contribution in [0.4, 0.5) is 0 Å². The first-order chi connectivity index (χ1) is 12.2. The molecule has 4 heteroatoms. The highest BCUT2D eigenvalue weighted by Gasteiger charge is 2.19. The van der Waals surface area contributed by atoms with Crippen LogP contribution in [0.15, 0.2) is 48.5 Å². The lowest BCUT2D eigenvalue weighted by Gasteiger charge is -2.26. The Morgan fingerprint density at radius 3 is 2.23 bits per heavy atom. The van der Waals surface area contributed by atoms with Gasteiger partial charge in [0.2, 0.25) is 0 Å². The van der Waals surface area contributed by atoms with Gasteiger partial charge in [0, 0.05) is 6.54 Å². The van der Waals surface area contributed by atoms with Crippen molar-refractivity contribution in [1.82, 2.24) is 10.2 Å². The smallest absolute Gasteiger partial charge is 0.255 e. The number of para-hydroxylation sites is 1. The Hall–Kier alpha value is -2.33. The van der Waals surface area contributed by atoms with Gasteiger partial charge < -0.3 is 15.0 Å². The number of methoxy groups -OCH3 is 1. The van der Waals surface area contributed by atoms with Crippen molar-refractivity contribution in [3.05, 3.63) is 65.2 Å². The molecule has 0 unspecified atom stereocenters. The number of hydrogen-bond acceptors (Lipinski definition) is 3. The molecule has 0 radical (unpaired) electrons. The second-order valence-electron chi connectivity index (χ2n) is 7.76. The van der Waals surface area contributed by atoms with E-state index in [1.54, 1.807) is 19.2 Å². The molecular weight excluding hydrogens is 324 g/mol. The maximum Gasteiger partial charge on any atom is 0.255 e. The molecule has 0 aromatic heterocycles. The van der Waals surface area contributed by atoms with Crippen LogP contribution in [-0.4, -0.2) is 38.6 Å². The number of rotatable bonds is 6. The number of likely N-dealkylation sites (N-methyl/N-ethyl adjacent to an activating group) is 1. The lowest BCUT2D eigenvalue weighted by molar-refractivity contribution is 0.0939. The summed E-state index contributed by atoms with van der Waals surface area (Å²) in [4.78, 5) is 14.7. The van der Waals surface area contributed by atoms with E-state index in [2.05, 4.69) is 55.3 Å². The van der Waals surface area contributed by atoms with Crippen LogP contribution >= 0.6 is 0 Å². The Kier molecular flexibility index (Phi) is 6.43. The van der Waals surface area contributed by atoms with Gasteiger partial charge in [-0.15, -0.1) is 0 Å². The molecule has 1 amide bonds. The first kappa shape index (κ1) is 20.0. The van der Waals surface area contributed by atoms with Crippen LogP contribution < -0.4 is 10.1 Å². The van der Waals surface area contributed by atoms with Crippen LogP contribution in [-0.2, 0) is 5.41 Å². The predicted molar refractivity (Wildman–Crippen MR) is 107 cm³/mol. The summed E-state index contributed by atoms with van der Waals surface area (Å²) in [6, 6.07) is 16.0. The van der Waals surface area contributed by atoms with Gasteiger partial charge in [-0.05, 0) is 42.8 Å². The van der Waals surface area contributed by atoms with Gasteiger partial charge in [0.15, 0.2) is 0 Å². The molecule has 140 valence electrons. The lowest BCUT2D eigenvalue weighted by atomic mass is 9.86.